The van der Waals surface area contributed by atoms with Crippen LogP contribution in [-0.2, 0) is 9.59 Å². The molecule has 1 aliphatic rings. The number of carbonyl (C=O) groups is 2. The second-order valence-corrected chi connectivity index (χ2v) is 5.79. The lowest BCUT2D eigenvalue weighted by Crippen LogP contribution is -2.37. The molecule has 1 atom stereocenters. The van der Waals surface area contributed by atoms with E-state index in [1.54, 1.807) is 12.0 Å². The van der Waals surface area contributed by atoms with Crippen LogP contribution in [0.2, 0.25) is 0 Å². The van der Waals surface area contributed by atoms with Crippen LogP contribution < -0.4 is 15.0 Å². The van der Waals surface area contributed by atoms with Crippen LogP contribution in [0.4, 0.5) is 5.69 Å². The minimum absolute atomic E-state index is 0.0240. The van der Waals surface area contributed by atoms with E-state index in [-0.39, 0.29) is 24.2 Å². The number of ether oxygens (including phenoxy) is 1. The Hall–Kier alpha value is -2.08. The fourth-order valence-corrected chi connectivity index (χ4v) is 2.58. The van der Waals surface area contributed by atoms with E-state index in [0.717, 1.165) is 18.8 Å². The largest absolute Gasteiger partial charge is 0.497 e. The zero-order valence-electron chi connectivity index (χ0n) is 14.0. The molecule has 0 aromatic heterocycles. The Labute approximate surface area is 137 Å². The highest BCUT2D eigenvalue weighted by atomic mass is 16.5. The van der Waals surface area contributed by atoms with Crippen molar-refractivity contribution in [3.05, 3.63) is 24.3 Å². The van der Waals surface area contributed by atoms with Gasteiger partial charge in [-0.2, -0.15) is 0 Å². The zero-order valence-corrected chi connectivity index (χ0v) is 14.0. The molecule has 1 N–H and O–H groups in total. The summed E-state index contributed by atoms with van der Waals surface area (Å²) in [6, 6.07) is 7.35. The molecule has 1 saturated heterocycles. The topological polar surface area (TPSA) is 61.9 Å². The molecule has 0 unspecified atom stereocenters. The van der Waals surface area contributed by atoms with Crippen molar-refractivity contribution < 1.29 is 14.3 Å². The number of hydrogen-bond donors (Lipinski definition) is 1. The van der Waals surface area contributed by atoms with Crippen LogP contribution in [0.15, 0.2) is 24.3 Å². The summed E-state index contributed by atoms with van der Waals surface area (Å²) in [5.41, 5.74) is 0.773. The quantitative estimate of drug-likeness (QED) is 0.818. The standard InChI is InChI=1S/C17H25N3O3/c1-4-19(2)9-8-18-17(22)13-10-16(21)20(12-13)14-6-5-7-15(11-14)23-3/h5-7,11,13H,4,8-10,12H2,1-3H3,(H,18,22)/t13-/m1/s1. The van der Waals surface area contributed by atoms with E-state index in [9.17, 15) is 9.59 Å². The Morgan fingerprint density at radius 2 is 2.26 bits per heavy atom. The normalized spacial score (nSPS) is 17.7. The number of nitrogens with zero attached hydrogens (tertiary/aromatic N) is 2. The van der Waals surface area contributed by atoms with Gasteiger partial charge in [0.2, 0.25) is 11.8 Å². The number of hydrogen-bond acceptors (Lipinski definition) is 4. The fraction of sp³-hybridized carbons (Fsp3) is 0.529. The van der Waals surface area contributed by atoms with Gasteiger partial charge in [-0.1, -0.05) is 13.0 Å². The van der Waals surface area contributed by atoms with Gasteiger partial charge in [0.25, 0.3) is 0 Å². The third-order valence-electron chi connectivity index (χ3n) is 4.19. The molecule has 6 nitrogen and oxygen atoms in total. The Kier molecular flexibility index (Phi) is 5.98. The van der Waals surface area contributed by atoms with E-state index in [0.29, 0.717) is 18.8 Å². The first kappa shape index (κ1) is 17.3. The lowest BCUT2D eigenvalue weighted by molar-refractivity contribution is -0.126. The summed E-state index contributed by atoms with van der Waals surface area (Å²) in [7, 11) is 3.60. The first-order valence-electron chi connectivity index (χ1n) is 7.95. The van der Waals surface area contributed by atoms with Gasteiger partial charge in [-0.3, -0.25) is 9.59 Å². The van der Waals surface area contributed by atoms with Crippen LogP contribution in [0, 0.1) is 5.92 Å². The van der Waals surface area contributed by atoms with Crippen molar-refractivity contribution in [2.45, 2.75) is 13.3 Å². The summed E-state index contributed by atoms with van der Waals surface area (Å²) >= 11 is 0. The molecule has 23 heavy (non-hydrogen) atoms. The number of benzene rings is 1. The van der Waals surface area contributed by atoms with Crippen molar-refractivity contribution in [3.63, 3.8) is 0 Å². The minimum Gasteiger partial charge on any atom is -0.497 e. The number of nitrogens with one attached hydrogen (secondary N) is 1. The number of carbonyl (C=O) groups excluding carboxylic acids is 2. The molecule has 0 radical (unpaired) electrons. The van der Waals surface area contributed by atoms with Gasteiger partial charge in [-0.25, -0.2) is 0 Å². The van der Waals surface area contributed by atoms with Crippen molar-refractivity contribution in [3.8, 4) is 5.75 Å². The Balaban J connectivity index is 1.92. The summed E-state index contributed by atoms with van der Waals surface area (Å²) in [5.74, 6) is 0.337. The van der Waals surface area contributed by atoms with Gasteiger partial charge in [0.1, 0.15) is 5.75 Å². The zero-order chi connectivity index (χ0) is 16.8. The molecule has 0 aliphatic carbocycles. The SMILES string of the molecule is CCN(C)CCNC(=O)[C@@H]1CC(=O)N(c2cccc(OC)c2)C1. The highest BCUT2D eigenvalue weighted by Gasteiger charge is 2.35. The van der Waals surface area contributed by atoms with E-state index >= 15 is 0 Å². The maximum atomic E-state index is 12.2. The van der Waals surface area contributed by atoms with Crippen LogP contribution in [-0.4, -0.2) is 57.1 Å². The lowest BCUT2D eigenvalue weighted by Gasteiger charge is -2.18. The van der Waals surface area contributed by atoms with E-state index in [2.05, 4.69) is 17.1 Å². The van der Waals surface area contributed by atoms with Crippen molar-refractivity contribution in [1.82, 2.24) is 10.2 Å². The van der Waals surface area contributed by atoms with E-state index < -0.39 is 0 Å². The summed E-state index contributed by atoms with van der Waals surface area (Å²) in [6.45, 7) is 4.85. The summed E-state index contributed by atoms with van der Waals surface area (Å²) < 4.78 is 5.19. The Bertz CT molecular complexity index is 562. The number of methoxy groups -OCH3 is 1. The average molecular weight is 319 g/mol. The van der Waals surface area contributed by atoms with Crippen LogP contribution in [0.5, 0.6) is 5.75 Å². The predicted octanol–water partition coefficient (Wildman–Crippen LogP) is 1.12. The molecule has 1 heterocycles. The third-order valence-corrected chi connectivity index (χ3v) is 4.19. The van der Waals surface area contributed by atoms with Crippen LogP contribution in [0.1, 0.15) is 13.3 Å². The van der Waals surface area contributed by atoms with Gasteiger partial charge in [0.05, 0.1) is 13.0 Å². The van der Waals surface area contributed by atoms with Gasteiger partial charge in [-0.15, -0.1) is 0 Å². The molecule has 1 fully saturated rings. The van der Waals surface area contributed by atoms with Crippen LogP contribution >= 0.6 is 0 Å². The monoisotopic (exact) mass is 319 g/mol. The highest BCUT2D eigenvalue weighted by molar-refractivity contribution is 6.00. The molecule has 0 bridgehead atoms. The molecule has 0 spiro atoms. The van der Waals surface area contributed by atoms with Gasteiger partial charge in [-0.05, 0) is 25.7 Å². The Morgan fingerprint density at radius 1 is 1.48 bits per heavy atom. The number of amides is 2. The molecular formula is C17H25N3O3. The van der Waals surface area contributed by atoms with Gasteiger partial charge in [0, 0.05) is 37.8 Å². The lowest BCUT2D eigenvalue weighted by atomic mass is 10.1. The molecule has 2 rings (SSSR count). The van der Waals surface area contributed by atoms with Crippen molar-refractivity contribution in [1.29, 1.82) is 0 Å². The second-order valence-electron chi connectivity index (χ2n) is 5.79. The average Bonchev–Trinajstić information content (AvgIpc) is 2.96. The third kappa shape index (κ3) is 4.45. The van der Waals surface area contributed by atoms with E-state index in [4.69, 9.17) is 4.74 Å². The molecule has 1 aliphatic heterocycles. The van der Waals surface area contributed by atoms with E-state index in [1.807, 2.05) is 31.3 Å². The molecule has 1 aromatic carbocycles. The van der Waals surface area contributed by atoms with Crippen LogP contribution in [0.3, 0.4) is 0 Å². The first-order chi connectivity index (χ1) is 11.0. The second kappa shape index (κ2) is 7.97. The molecule has 126 valence electrons. The Morgan fingerprint density at radius 3 is 2.96 bits per heavy atom. The van der Waals surface area contributed by atoms with Gasteiger partial charge < -0.3 is 19.9 Å². The predicted molar refractivity (Wildman–Crippen MR) is 89.6 cm³/mol. The summed E-state index contributed by atoms with van der Waals surface area (Å²) in [5, 5.41) is 2.92. The van der Waals surface area contributed by atoms with E-state index in [1.165, 1.54) is 0 Å². The molecule has 6 heteroatoms. The summed E-state index contributed by atoms with van der Waals surface area (Å²) in [4.78, 5) is 28.2. The molecule has 2 amide bonds. The summed E-state index contributed by atoms with van der Waals surface area (Å²) in [6.07, 6.45) is 0.257. The minimum atomic E-state index is -0.291. The van der Waals surface area contributed by atoms with Crippen LogP contribution in [0.25, 0.3) is 0 Å². The molecule has 0 saturated carbocycles. The number of anilines is 1. The maximum absolute atomic E-state index is 12.2. The van der Waals surface area contributed by atoms with Gasteiger partial charge in [0.15, 0.2) is 0 Å². The number of likely N-dealkylation sites (N-methyl/N-ethyl adjacent to an activating group) is 1. The highest BCUT2D eigenvalue weighted by Crippen LogP contribution is 2.27. The molecular weight excluding hydrogens is 294 g/mol. The maximum Gasteiger partial charge on any atom is 0.227 e. The first-order valence-corrected chi connectivity index (χ1v) is 7.95. The van der Waals surface area contributed by atoms with Crippen molar-refractivity contribution in [2.75, 3.05) is 45.2 Å². The van der Waals surface area contributed by atoms with Crippen molar-refractivity contribution >= 4 is 17.5 Å². The smallest absolute Gasteiger partial charge is 0.227 e. The number of rotatable bonds is 7. The molecule has 1 aromatic rings. The van der Waals surface area contributed by atoms with Crippen molar-refractivity contribution in [2.24, 2.45) is 5.92 Å². The van der Waals surface area contributed by atoms with Gasteiger partial charge >= 0.3 is 0 Å². The fourth-order valence-electron chi connectivity index (χ4n) is 2.58.